The number of rotatable bonds is 0. The van der Waals surface area contributed by atoms with Crippen molar-refractivity contribution in [2.75, 3.05) is 0 Å². The van der Waals surface area contributed by atoms with Crippen molar-refractivity contribution < 1.29 is 24.9 Å². The van der Waals surface area contributed by atoms with E-state index in [2.05, 4.69) is 0 Å². The zero-order chi connectivity index (χ0) is 14.9. The van der Waals surface area contributed by atoms with Crippen LogP contribution in [0.5, 0.6) is 0 Å². The molecule has 5 nitrogen and oxygen atoms in total. The molecule has 0 saturated heterocycles. The van der Waals surface area contributed by atoms with Crippen LogP contribution in [0.15, 0.2) is 23.0 Å². The zero-order valence-electron chi connectivity index (χ0n) is 11.9. The van der Waals surface area contributed by atoms with Crippen LogP contribution in [0.1, 0.15) is 40.0 Å². The van der Waals surface area contributed by atoms with Gasteiger partial charge in [-0.15, -0.1) is 0 Å². The van der Waals surface area contributed by atoms with Gasteiger partial charge < -0.3 is 20.1 Å². The largest absolute Gasteiger partial charge is 0.423 e. The number of allylic oxidation sites excluding steroid dienone is 1. The molecule has 0 bridgehead atoms. The number of ether oxygens (including phenoxy) is 1. The van der Waals surface area contributed by atoms with Crippen molar-refractivity contribution in [2.24, 2.45) is 5.92 Å². The van der Waals surface area contributed by atoms with E-state index in [4.69, 9.17) is 4.74 Å². The first-order valence-corrected chi connectivity index (χ1v) is 6.91. The predicted molar refractivity (Wildman–Crippen MR) is 70.4 cm³/mol. The highest BCUT2D eigenvalue weighted by Gasteiger charge is 2.62. The van der Waals surface area contributed by atoms with Crippen LogP contribution in [-0.2, 0) is 9.53 Å². The van der Waals surface area contributed by atoms with Crippen LogP contribution in [0, 0.1) is 5.92 Å². The van der Waals surface area contributed by atoms with Crippen LogP contribution in [-0.4, -0.2) is 38.1 Å². The molecule has 1 fully saturated rings. The first-order chi connectivity index (χ1) is 9.08. The Morgan fingerprint density at radius 3 is 2.55 bits per heavy atom. The van der Waals surface area contributed by atoms with E-state index in [-0.39, 0.29) is 0 Å². The van der Waals surface area contributed by atoms with E-state index in [0.29, 0.717) is 36.2 Å². The summed E-state index contributed by atoms with van der Waals surface area (Å²) >= 11 is 0. The van der Waals surface area contributed by atoms with Gasteiger partial charge in [0.25, 0.3) is 0 Å². The molecule has 3 rings (SSSR count). The molecule has 0 aromatic heterocycles. The van der Waals surface area contributed by atoms with E-state index in [0.717, 1.165) is 0 Å². The average Bonchev–Trinajstić information content (AvgIpc) is 2.67. The monoisotopic (exact) mass is 280 g/mol. The molecule has 2 aliphatic carbocycles. The van der Waals surface area contributed by atoms with Gasteiger partial charge in [-0.25, -0.2) is 4.79 Å². The number of carbonyl (C=O) groups is 1. The molecule has 1 saturated carbocycles. The molecule has 3 N–H and O–H groups in total. The molecule has 1 heterocycles. The lowest BCUT2D eigenvalue weighted by atomic mass is 9.72. The summed E-state index contributed by atoms with van der Waals surface area (Å²) in [5, 5.41) is 32.2. The van der Waals surface area contributed by atoms with Crippen LogP contribution in [0.2, 0.25) is 0 Å². The van der Waals surface area contributed by atoms with Gasteiger partial charge in [0, 0.05) is 17.1 Å². The molecule has 0 aromatic rings. The van der Waals surface area contributed by atoms with Crippen LogP contribution in [0.3, 0.4) is 0 Å². The standard InChI is InChI=1S/C15H20O5/c1-8-9-6-11-13(2,17)4-5-15(11,19)14(3,18)7-10(9)20-12(8)16/h7,11,17-19H,4-6H2,1-3H3/t11-,13+,14-,15-/m0/s1. The van der Waals surface area contributed by atoms with Gasteiger partial charge in [0.05, 0.1) is 5.60 Å². The number of carbonyl (C=O) groups excluding carboxylic acids is 1. The SMILES string of the molecule is CC1=C2C[C@H]3[C@](C)(O)CC[C@@]3(O)[C@@](C)(O)C=C2OC1=O. The molecular weight excluding hydrogens is 260 g/mol. The van der Waals surface area contributed by atoms with Crippen molar-refractivity contribution >= 4 is 5.97 Å². The number of fused-ring (bicyclic) bond motifs is 2. The minimum Gasteiger partial charge on any atom is -0.423 e. The van der Waals surface area contributed by atoms with Crippen LogP contribution in [0.4, 0.5) is 0 Å². The molecular formula is C15H20O5. The third kappa shape index (κ3) is 1.57. The Balaban J connectivity index is 2.18. The lowest BCUT2D eigenvalue weighted by Crippen LogP contribution is -2.56. The van der Waals surface area contributed by atoms with Crippen molar-refractivity contribution in [1.82, 2.24) is 0 Å². The third-order valence-electron chi connectivity index (χ3n) is 5.30. The Hall–Kier alpha value is -1.17. The van der Waals surface area contributed by atoms with Gasteiger partial charge in [0.2, 0.25) is 0 Å². The highest BCUT2D eigenvalue weighted by atomic mass is 16.5. The van der Waals surface area contributed by atoms with E-state index in [9.17, 15) is 20.1 Å². The summed E-state index contributed by atoms with van der Waals surface area (Å²) in [6, 6.07) is 0. The van der Waals surface area contributed by atoms with Crippen molar-refractivity contribution in [1.29, 1.82) is 0 Å². The van der Waals surface area contributed by atoms with Gasteiger partial charge in [-0.05, 0) is 46.1 Å². The zero-order valence-corrected chi connectivity index (χ0v) is 11.9. The molecule has 20 heavy (non-hydrogen) atoms. The van der Waals surface area contributed by atoms with Crippen molar-refractivity contribution in [3.05, 3.63) is 23.0 Å². The van der Waals surface area contributed by atoms with Gasteiger partial charge in [0.15, 0.2) is 0 Å². The van der Waals surface area contributed by atoms with E-state index < -0.39 is 28.7 Å². The first kappa shape index (κ1) is 13.8. The molecule has 1 aliphatic heterocycles. The highest BCUT2D eigenvalue weighted by Crippen LogP contribution is 2.55. The lowest BCUT2D eigenvalue weighted by Gasteiger charge is -2.42. The Labute approximate surface area is 117 Å². The van der Waals surface area contributed by atoms with E-state index in [1.807, 2.05) is 0 Å². The highest BCUT2D eigenvalue weighted by molar-refractivity contribution is 5.94. The molecule has 0 unspecified atom stereocenters. The van der Waals surface area contributed by atoms with Gasteiger partial charge >= 0.3 is 5.97 Å². The van der Waals surface area contributed by atoms with E-state index in [1.54, 1.807) is 13.8 Å². The van der Waals surface area contributed by atoms with E-state index in [1.165, 1.54) is 13.0 Å². The van der Waals surface area contributed by atoms with Crippen molar-refractivity contribution in [3.8, 4) is 0 Å². The summed E-state index contributed by atoms with van der Waals surface area (Å²) in [4.78, 5) is 11.7. The van der Waals surface area contributed by atoms with Gasteiger partial charge in [-0.3, -0.25) is 0 Å². The maximum atomic E-state index is 11.7. The second kappa shape index (κ2) is 3.72. The molecule has 110 valence electrons. The fourth-order valence-electron chi connectivity index (χ4n) is 3.80. The summed E-state index contributed by atoms with van der Waals surface area (Å²) in [5.74, 6) is -0.653. The lowest BCUT2D eigenvalue weighted by molar-refractivity contribution is -0.157. The molecule has 0 aromatic carbocycles. The van der Waals surface area contributed by atoms with Crippen LogP contribution < -0.4 is 0 Å². The minimum absolute atomic E-state index is 0.307. The number of hydrogen-bond acceptors (Lipinski definition) is 5. The number of aliphatic hydroxyl groups is 3. The van der Waals surface area contributed by atoms with Crippen LogP contribution in [0.25, 0.3) is 0 Å². The minimum atomic E-state index is -1.56. The normalized spacial score (nSPS) is 47.6. The van der Waals surface area contributed by atoms with Gasteiger partial charge in [-0.1, -0.05) is 0 Å². The Kier molecular flexibility index (Phi) is 2.57. The summed E-state index contributed by atoms with van der Waals surface area (Å²) in [6.45, 7) is 4.84. The predicted octanol–water partition coefficient (Wildman–Crippen LogP) is 0.790. The quantitative estimate of drug-likeness (QED) is 0.571. The van der Waals surface area contributed by atoms with Crippen molar-refractivity contribution in [2.45, 2.75) is 56.8 Å². The molecule has 0 amide bonds. The fraction of sp³-hybridized carbons (Fsp3) is 0.667. The third-order valence-corrected chi connectivity index (χ3v) is 5.30. The second-order valence-corrected chi connectivity index (χ2v) is 6.69. The molecule has 5 heteroatoms. The maximum Gasteiger partial charge on any atom is 0.339 e. The smallest absolute Gasteiger partial charge is 0.339 e. The maximum absolute atomic E-state index is 11.7. The summed E-state index contributed by atoms with van der Waals surface area (Å²) in [7, 11) is 0. The number of hydrogen-bond donors (Lipinski definition) is 3. The molecule has 0 spiro atoms. The Morgan fingerprint density at radius 2 is 1.90 bits per heavy atom. The average molecular weight is 280 g/mol. The van der Waals surface area contributed by atoms with Gasteiger partial charge in [0.1, 0.15) is 17.0 Å². The Morgan fingerprint density at radius 1 is 1.25 bits per heavy atom. The molecule has 0 radical (unpaired) electrons. The van der Waals surface area contributed by atoms with Crippen molar-refractivity contribution in [3.63, 3.8) is 0 Å². The molecule has 4 atom stereocenters. The summed E-state index contributed by atoms with van der Waals surface area (Å²) < 4.78 is 5.17. The van der Waals surface area contributed by atoms with Gasteiger partial charge in [-0.2, -0.15) is 0 Å². The molecule has 3 aliphatic rings. The fourth-order valence-corrected chi connectivity index (χ4v) is 3.80. The Bertz CT molecular complexity index is 555. The van der Waals surface area contributed by atoms with Crippen LogP contribution >= 0.6 is 0 Å². The topological polar surface area (TPSA) is 87.0 Å². The number of esters is 1. The second-order valence-electron chi connectivity index (χ2n) is 6.69. The summed E-state index contributed by atoms with van der Waals surface area (Å²) in [6.07, 6.45) is 2.46. The van der Waals surface area contributed by atoms with E-state index >= 15 is 0 Å². The first-order valence-electron chi connectivity index (χ1n) is 6.91. The summed E-state index contributed by atoms with van der Waals surface area (Å²) in [5.41, 5.74) is -2.90.